The number of benzene rings is 1. The molecule has 1 N–H and O–H groups in total. The molecule has 1 aromatic carbocycles. The van der Waals surface area contributed by atoms with E-state index in [1.165, 1.54) is 0 Å². The van der Waals surface area contributed by atoms with Gasteiger partial charge in [0.05, 0.1) is 12.0 Å². The molecule has 1 aromatic rings. The van der Waals surface area contributed by atoms with Gasteiger partial charge < -0.3 is 9.84 Å². The lowest BCUT2D eigenvalue weighted by Crippen LogP contribution is -2.30. The van der Waals surface area contributed by atoms with Crippen LogP contribution in [0.1, 0.15) is 39.4 Å². The van der Waals surface area contributed by atoms with Crippen molar-refractivity contribution in [1.29, 1.82) is 0 Å². The third-order valence-corrected chi connectivity index (χ3v) is 3.37. The molecule has 0 aliphatic carbocycles. The topological polar surface area (TPSA) is 46.5 Å². The van der Waals surface area contributed by atoms with Gasteiger partial charge in [-0.05, 0) is 45.9 Å². The average molecular weight is 350 g/mol. The molecule has 0 aliphatic heterocycles. The number of rotatable bonds is 3. The van der Waals surface area contributed by atoms with E-state index >= 15 is 0 Å². The fourth-order valence-electron chi connectivity index (χ4n) is 1.53. The van der Waals surface area contributed by atoms with Crippen LogP contribution in [-0.4, -0.2) is 16.7 Å². The normalized spacial score (nSPS) is 14.9. The quantitative estimate of drug-likeness (QED) is 0.835. The largest absolute Gasteiger partial charge is 0.460 e. The minimum atomic E-state index is -1.00. The Morgan fingerprint density at radius 1 is 1.42 bits per heavy atom. The van der Waals surface area contributed by atoms with Crippen LogP contribution < -0.4 is 0 Å². The molecule has 2 unspecified atom stereocenters. The predicted molar refractivity (Wildman–Crippen MR) is 79.1 cm³/mol. The summed E-state index contributed by atoms with van der Waals surface area (Å²) in [6.45, 7) is 6.98. The van der Waals surface area contributed by atoms with Crippen molar-refractivity contribution in [2.24, 2.45) is 5.92 Å². The second kappa shape index (κ2) is 6.25. The highest BCUT2D eigenvalue weighted by molar-refractivity contribution is 9.10. The standard InChI is InChI=1S/C14H18BrClO3/c1-8(13(18)19-14(2,3)4)12(17)10-7-9(15)5-6-11(10)16/h5-8,12,17H,1-4H3. The number of carbonyl (C=O) groups is 1. The van der Waals surface area contributed by atoms with Crippen LogP contribution in [-0.2, 0) is 9.53 Å². The number of ether oxygens (including phenoxy) is 1. The van der Waals surface area contributed by atoms with Gasteiger partial charge in [0.1, 0.15) is 5.60 Å². The van der Waals surface area contributed by atoms with Crippen molar-refractivity contribution < 1.29 is 14.6 Å². The molecule has 0 saturated carbocycles. The van der Waals surface area contributed by atoms with Gasteiger partial charge in [-0.25, -0.2) is 0 Å². The van der Waals surface area contributed by atoms with E-state index in [1.807, 2.05) is 0 Å². The molecule has 0 amide bonds. The van der Waals surface area contributed by atoms with Gasteiger partial charge in [-0.15, -0.1) is 0 Å². The highest BCUT2D eigenvalue weighted by Crippen LogP contribution is 2.31. The lowest BCUT2D eigenvalue weighted by atomic mass is 9.97. The Labute approximate surface area is 127 Å². The Hall–Kier alpha value is -0.580. The number of aliphatic hydroxyl groups excluding tert-OH is 1. The summed E-state index contributed by atoms with van der Waals surface area (Å²) in [6, 6.07) is 5.15. The van der Waals surface area contributed by atoms with Gasteiger partial charge in [-0.1, -0.05) is 27.5 Å². The van der Waals surface area contributed by atoms with Crippen molar-refractivity contribution in [3.63, 3.8) is 0 Å². The Kier molecular flexibility index (Phi) is 5.42. The Morgan fingerprint density at radius 3 is 2.53 bits per heavy atom. The molecule has 19 heavy (non-hydrogen) atoms. The van der Waals surface area contributed by atoms with E-state index in [-0.39, 0.29) is 0 Å². The van der Waals surface area contributed by atoms with Gasteiger partial charge >= 0.3 is 5.97 Å². The van der Waals surface area contributed by atoms with Gasteiger partial charge in [0.15, 0.2) is 0 Å². The highest BCUT2D eigenvalue weighted by atomic mass is 79.9. The molecule has 2 atom stereocenters. The first-order valence-corrected chi connectivity index (χ1v) is 7.15. The van der Waals surface area contributed by atoms with E-state index in [0.717, 1.165) is 4.47 Å². The summed E-state index contributed by atoms with van der Waals surface area (Å²) in [5.74, 6) is -1.14. The fraction of sp³-hybridized carbons (Fsp3) is 0.500. The first kappa shape index (κ1) is 16.5. The summed E-state index contributed by atoms with van der Waals surface area (Å²) in [4.78, 5) is 11.9. The van der Waals surface area contributed by atoms with Crippen molar-refractivity contribution >= 4 is 33.5 Å². The van der Waals surface area contributed by atoms with Gasteiger partial charge in [0, 0.05) is 15.1 Å². The Balaban J connectivity index is 2.90. The van der Waals surface area contributed by atoms with Crippen LogP contribution in [0.2, 0.25) is 5.02 Å². The maximum Gasteiger partial charge on any atom is 0.312 e. The van der Waals surface area contributed by atoms with E-state index in [4.69, 9.17) is 16.3 Å². The molecular weight excluding hydrogens is 332 g/mol. The summed E-state index contributed by atoms with van der Waals surface area (Å²) >= 11 is 9.35. The summed E-state index contributed by atoms with van der Waals surface area (Å²) < 4.78 is 6.05. The first-order chi connectivity index (χ1) is 8.61. The second-order valence-electron chi connectivity index (χ2n) is 5.43. The summed E-state index contributed by atoms with van der Waals surface area (Å²) in [7, 11) is 0. The van der Waals surface area contributed by atoms with E-state index < -0.39 is 23.6 Å². The van der Waals surface area contributed by atoms with Crippen LogP contribution in [0.15, 0.2) is 22.7 Å². The van der Waals surface area contributed by atoms with Crippen molar-refractivity contribution in [3.05, 3.63) is 33.3 Å². The van der Waals surface area contributed by atoms with Gasteiger partial charge in [0.25, 0.3) is 0 Å². The van der Waals surface area contributed by atoms with Crippen LogP contribution in [0.3, 0.4) is 0 Å². The molecule has 0 radical (unpaired) electrons. The Morgan fingerprint density at radius 2 is 2.00 bits per heavy atom. The molecule has 0 aliphatic rings. The second-order valence-corrected chi connectivity index (χ2v) is 6.76. The number of aliphatic hydroxyl groups is 1. The molecular formula is C14H18BrClO3. The number of halogens is 2. The lowest BCUT2D eigenvalue weighted by molar-refractivity contribution is -0.163. The number of carbonyl (C=O) groups excluding carboxylic acids is 1. The number of hydrogen-bond acceptors (Lipinski definition) is 3. The van der Waals surface area contributed by atoms with Crippen molar-refractivity contribution in [1.82, 2.24) is 0 Å². The molecule has 3 nitrogen and oxygen atoms in total. The van der Waals surface area contributed by atoms with Crippen LogP contribution in [0.25, 0.3) is 0 Å². The van der Waals surface area contributed by atoms with E-state index in [2.05, 4.69) is 15.9 Å². The fourth-order valence-corrected chi connectivity index (χ4v) is 2.14. The van der Waals surface area contributed by atoms with Crippen molar-refractivity contribution in [2.45, 2.75) is 39.4 Å². The summed E-state index contributed by atoms with van der Waals surface area (Å²) in [5.41, 5.74) is -0.0685. The molecule has 0 spiro atoms. The molecule has 0 fully saturated rings. The average Bonchev–Trinajstić information content (AvgIpc) is 2.28. The van der Waals surface area contributed by atoms with Gasteiger partial charge in [-0.2, -0.15) is 0 Å². The maximum absolute atomic E-state index is 11.9. The molecule has 106 valence electrons. The van der Waals surface area contributed by atoms with Crippen LogP contribution in [0, 0.1) is 5.92 Å². The lowest BCUT2D eigenvalue weighted by Gasteiger charge is -2.25. The van der Waals surface area contributed by atoms with E-state index in [0.29, 0.717) is 10.6 Å². The van der Waals surface area contributed by atoms with Crippen molar-refractivity contribution in [2.75, 3.05) is 0 Å². The summed E-state index contributed by atoms with van der Waals surface area (Å²) in [5, 5.41) is 10.7. The third-order valence-electron chi connectivity index (χ3n) is 2.53. The highest BCUT2D eigenvalue weighted by Gasteiger charge is 2.29. The number of hydrogen-bond donors (Lipinski definition) is 1. The molecule has 0 aromatic heterocycles. The molecule has 1 rings (SSSR count). The monoisotopic (exact) mass is 348 g/mol. The molecule has 5 heteroatoms. The van der Waals surface area contributed by atoms with E-state index in [9.17, 15) is 9.90 Å². The minimum absolute atomic E-state index is 0.422. The van der Waals surface area contributed by atoms with Crippen LogP contribution in [0.4, 0.5) is 0 Å². The Bertz CT molecular complexity index is 468. The minimum Gasteiger partial charge on any atom is -0.460 e. The third kappa shape index (κ3) is 4.79. The maximum atomic E-state index is 11.9. The zero-order chi connectivity index (χ0) is 14.8. The SMILES string of the molecule is CC(C(=O)OC(C)(C)C)C(O)c1cc(Br)ccc1Cl. The predicted octanol–water partition coefficient (Wildman–Crippen LogP) is 4.11. The first-order valence-electron chi connectivity index (χ1n) is 5.97. The van der Waals surface area contributed by atoms with Crippen LogP contribution in [0.5, 0.6) is 0 Å². The van der Waals surface area contributed by atoms with Crippen LogP contribution >= 0.6 is 27.5 Å². The zero-order valence-electron chi connectivity index (χ0n) is 11.4. The smallest absolute Gasteiger partial charge is 0.312 e. The van der Waals surface area contributed by atoms with Crippen molar-refractivity contribution in [3.8, 4) is 0 Å². The summed E-state index contributed by atoms with van der Waals surface area (Å²) in [6.07, 6.45) is -1.00. The molecule has 0 saturated heterocycles. The van der Waals surface area contributed by atoms with E-state index in [1.54, 1.807) is 45.9 Å². The number of esters is 1. The van der Waals surface area contributed by atoms with Gasteiger partial charge in [0.2, 0.25) is 0 Å². The van der Waals surface area contributed by atoms with Gasteiger partial charge in [-0.3, -0.25) is 4.79 Å². The zero-order valence-corrected chi connectivity index (χ0v) is 13.7. The molecule has 0 bridgehead atoms. The molecule has 0 heterocycles.